The maximum atomic E-state index is 12.6. The second kappa shape index (κ2) is 7.73. The van der Waals surface area contributed by atoms with Crippen LogP contribution in [0, 0.1) is 0 Å². The van der Waals surface area contributed by atoms with Crippen LogP contribution in [0.5, 0.6) is 5.75 Å². The number of hydrogen-bond acceptors (Lipinski definition) is 6. The van der Waals surface area contributed by atoms with E-state index in [9.17, 15) is 4.79 Å². The summed E-state index contributed by atoms with van der Waals surface area (Å²) in [5.74, 6) is 2.55. The third-order valence-corrected chi connectivity index (χ3v) is 5.76. The van der Waals surface area contributed by atoms with E-state index < -0.39 is 0 Å². The summed E-state index contributed by atoms with van der Waals surface area (Å²) in [7, 11) is 0. The molecule has 0 unspecified atom stereocenters. The number of anilines is 1. The molecule has 2 aliphatic rings. The number of carbonyl (C=O) groups excluding carboxylic acids is 1. The predicted octanol–water partition coefficient (Wildman–Crippen LogP) is 2.83. The van der Waals surface area contributed by atoms with Crippen molar-refractivity contribution >= 4 is 22.8 Å². The van der Waals surface area contributed by atoms with Gasteiger partial charge in [0.05, 0.1) is 0 Å². The van der Waals surface area contributed by atoms with Crippen molar-refractivity contribution in [1.29, 1.82) is 0 Å². The fourth-order valence-corrected chi connectivity index (χ4v) is 4.18. The number of ether oxygens (including phenoxy) is 1. The first-order valence-electron chi connectivity index (χ1n) is 10.2. The van der Waals surface area contributed by atoms with Crippen LogP contribution < -0.4 is 9.64 Å². The summed E-state index contributed by atoms with van der Waals surface area (Å²) in [5, 5.41) is 1.13. The van der Waals surface area contributed by atoms with Crippen LogP contribution in [-0.2, 0) is 17.6 Å². The summed E-state index contributed by atoms with van der Waals surface area (Å²) in [6.45, 7) is 2.79. The summed E-state index contributed by atoms with van der Waals surface area (Å²) < 4.78 is 11.8. The van der Waals surface area contributed by atoms with Crippen LogP contribution >= 0.6 is 0 Å². The van der Waals surface area contributed by atoms with Crippen molar-refractivity contribution in [2.45, 2.75) is 25.7 Å². The summed E-state index contributed by atoms with van der Waals surface area (Å²) in [6, 6.07) is 7.65. The molecule has 7 heteroatoms. The molecule has 1 aliphatic heterocycles. The molecule has 0 radical (unpaired) electrons. The number of amides is 1. The molecular formula is C22H24N4O3. The minimum Gasteiger partial charge on any atom is -0.484 e. The average Bonchev–Trinajstić information content (AvgIpc) is 3.16. The van der Waals surface area contributed by atoms with Crippen LogP contribution in [0.1, 0.15) is 24.2 Å². The molecule has 1 fully saturated rings. The molecule has 0 bridgehead atoms. The van der Waals surface area contributed by atoms with Crippen molar-refractivity contribution in [2.75, 3.05) is 37.7 Å². The van der Waals surface area contributed by atoms with Crippen molar-refractivity contribution in [3.05, 3.63) is 48.0 Å². The highest BCUT2D eigenvalue weighted by molar-refractivity contribution is 5.84. The van der Waals surface area contributed by atoms with E-state index in [1.165, 1.54) is 18.4 Å². The average molecular weight is 392 g/mol. The molecule has 3 heterocycles. The van der Waals surface area contributed by atoms with Crippen molar-refractivity contribution in [1.82, 2.24) is 14.9 Å². The highest BCUT2D eigenvalue weighted by Gasteiger charge is 2.23. The standard InChI is InChI=1S/C22H24N4O3/c27-21(25-10-12-26(13-11-25)22-23-8-3-9-24-22)15-28-16-6-7-20-18(14-16)17-4-1-2-5-19(17)29-20/h3,6-9,14H,1-2,4-5,10-13,15H2. The molecule has 29 heavy (non-hydrogen) atoms. The number of benzene rings is 1. The number of nitrogens with zero attached hydrogens (tertiary/aromatic N) is 4. The third kappa shape index (κ3) is 3.64. The number of aromatic nitrogens is 2. The molecule has 1 saturated heterocycles. The maximum Gasteiger partial charge on any atom is 0.260 e. The van der Waals surface area contributed by atoms with E-state index in [-0.39, 0.29) is 12.5 Å². The van der Waals surface area contributed by atoms with Crippen molar-refractivity contribution in [3.8, 4) is 5.75 Å². The highest BCUT2D eigenvalue weighted by Crippen LogP contribution is 2.33. The van der Waals surface area contributed by atoms with Crippen LogP contribution in [-0.4, -0.2) is 53.6 Å². The number of carbonyl (C=O) groups is 1. The largest absolute Gasteiger partial charge is 0.484 e. The van der Waals surface area contributed by atoms with Crippen LogP contribution in [0.2, 0.25) is 0 Å². The second-order valence-corrected chi connectivity index (χ2v) is 7.57. The lowest BCUT2D eigenvalue weighted by atomic mass is 9.96. The Morgan fingerprint density at radius 1 is 1.07 bits per heavy atom. The molecule has 2 aromatic heterocycles. The fourth-order valence-electron chi connectivity index (χ4n) is 4.18. The first-order chi connectivity index (χ1) is 14.3. The lowest BCUT2D eigenvalue weighted by Gasteiger charge is -2.34. The molecule has 1 aromatic carbocycles. The minimum absolute atomic E-state index is 0.00736. The molecule has 150 valence electrons. The van der Waals surface area contributed by atoms with Gasteiger partial charge in [-0.3, -0.25) is 4.79 Å². The van der Waals surface area contributed by atoms with Crippen LogP contribution in [0.3, 0.4) is 0 Å². The summed E-state index contributed by atoms with van der Waals surface area (Å²) in [4.78, 5) is 25.1. The Kier molecular flexibility index (Phi) is 4.79. The lowest BCUT2D eigenvalue weighted by Crippen LogP contribution is -2.50. The van der Waals surface area contributed by atoms with Gasteiger partial charge in [-0.15, -0.1) is 0 Å². The van der Waals surface area contributed by atoms with Gasteiger partial charge >= 0.3 is 0 Å². The monoisotopic (exact) mass is 392 g/mol. The smallest absolute Gasteiger partial charge is 0.260 e. The van der Waals surface area contributed by atoms with Gasteiger partial charge < -0.3 is 19.0 Å². The number of furan rings is 1. The number of piperazine rings is 1. The van der Waals surface area contributed by atoms with E-state index in [0.717, 1.165) is 48.4 Å². The quantitative estimate of drug-likeness (QED) is 0.680. The van der Waals surface area contributed by atoms with Gasteiger partial charge in [0.2, 0.25) is 5.95 Å². The summed E-state index contributed by atoms with van der Waals surface area (Å²) in [6.07, 6.45) is 7.93. The van der Waals surface area contributed by atoms with Crippen LogP contribution in [0.4, 0.5) is 5.95 Å². The molecular weight excluding hydrogens is 368 g/mol. The lowest BCUT2D eigenvalue weighted by molar-refractivity contribution is -0.133. The van der Waals surface area contributed by atoms with Crippen LogP contribution in [0.25, 0.3) is 11.0 Å². The highest BCUT2D eigenvalue weighted by atomic mass is 16.5. The minimum atomic E-state index is 0.00736. The van der Waals surface area contributed by atoms with Gasteiger partial charge in [-0.1, -0.05) is 0 Å². The van der Waals surface area contributed by atoms with Crippen LogP contribution in [0.15, 0.2) is 41.1 Å². The van der Waals surface area contributed by atoms with Gasteiger partial charge in [-0.2, -0.15) is 0 Å². The topological polar surface area (TPSA) is 71.7 Å². The van der Waals surface area contributed by atoms with Gasteiger partial charge in [0.1, 0.15) is 17.1 Å². The zero-order valence-corrected chi connectivity index (χ0v) is 16.3. The van der Waals surface area contributed by atoms with Gasteiger partial charge in [0.25, 0.3) is 5.91 Å². The van der Waals surface area contributed by atoms with Crippen molar-refractivity contribution < 1.29 is 13.9 Å². The van der Waals surface area contributed by atoms with Crippen molar-refractivity contribution in [3.63, 3.8) is 0 Å². The Balaban J connectivity index is 1.19. The Morgan fingerprint density at radius 3 is 2.69 bits per heavy atom. The number of fused-ring (bicyclic) bond motifs is 3. The fraction of sp³-hybridized carbons (Fsp3) is 0.409. The van der Waals surface area contributed by atoms with E-state index in [1.54, 1.807) is 18.5 Å². The Hall–Kier alpha value is -3.09. The SMILES string of the molecule is O=C(COc1ccc2oc3c(c2c1)CCCC3)N1CCN(c2ncccn2)CC1. The van der Waals surface area contributed by atoms with E-state index in [4.69, 9.17) is 9.15 Å². The number of rotatable bonds is 4. The summed E-state index contributed by atoms with van der Waals surface area (Å²) in [5.41, 5.74) is 2.22. The van der Waals surface area contributed by atoms with E-state index in [0.29, 0.717) is 19.0 Å². The normalized spacial score (nSPS) is 16.7. The number of aryl methyl sites for hydroxylation is 2. The molecule has 0 saturated carbocycles. The van der Waals surface area contributed by atoms with Gasteiger partial charge in [0, 0.05) is 55.9 Å². The van der Waals surface area contributed by atoms with Gasteiger partial charge in [-0.05, 0) is 43.5 Å². The molecule has 0 atom stereocenters. The molecule has 3 aromatic rings. The molecule has 5 rings (SSSR count). The third-order valence-electron chi connectivity index (χ3n) is 5.76. The molecule has 0 spiro atoms. The van der Waals surface area contributed by atoms with E-state index in [2.05, 4.69) is 14.9 Å². The maximum absolute atomic E-state index is 12.6. The Bertz CT molecular complexity index is 1010. The van der Waals surface area contributed by atoms with Gasteiger partial charge in [0.15, 0.2) is 6.61 Å². The van der Waals surface area contributed by atoms with E-state index in [1.807, 2.05) is 23.1 Å². The first kappa shape index (κ1) is 18.0. The van der Waals surface area contributed by atoms with Gasteiger partial charge in [-0.25, -0.2) is 9.97 Å². The molecule has 0 N–H and O–H groups in total. The van der Waals surface area contributed by atoms with Crippen molar-refractivity contribution in [2.24, 2.45) is 0 Å². The number of hydrogen-bond donors (Lipinski definition) is 0. The molecule has 1 amide bonds. The molecule has 7 nitrogen and oxygen atoms in total. The summed E-state index contributed by atoms with van der Waals surface area (Å²) >= 11 is 0. The Morgan fingerprint density at radius 2 is 1.86 bits per heavy atom. The predicted molar refractivity (Wildman–Crippen MR) is 109 cm³/mol. The van der Waals surface area contributed by atoms with E-state index >= 15 is 0 Å². The second-order valence-electron chi connectivity index (χ2n) is 7.57. The zero-order chi connectivity index (χ0) is 19.6. The first-order valence-corrected chi connectivity index (χ1v) is 10.2. The zero-order valence-electron chi connectivity index (χ0n) is 16.3. The Labute approximate surface area is 169 Å². The molecule has 1 aliphatic carbocycles.